The van der Waals surface area contributed by atoms with Crippen LogP contribution in [0, 0.1) is 10.1 Å². The highest BCUT2D eigenvalue weighted by Crippen LogP contribution is 2.29. The van der Waals surface area contributed by atoms with E-state index >= 15 is 0 Å². The zero-order valence-corrected chi connectivity index (χ0v) is 18.4. The van der Waals surface area contributed by atoms with Crippen molar-refractivity contribution in [2.24, 2.45) is 0 Å². The van der Waals surface area contributed by atoms with Crippen LogP contribution in [0.25, 0.3) is 0 Å². The highest BCUT2D eigenvalue weighted by molar-refractivity contribution is 5.89. The minimum absolute atomic E-state index is 0.301. The van der Waals surface area contributed by atoms with Gasteiger partial charge in [-0.3, -0.25) is 9.80 Å². The minimum Gasteiger partial charge on any atom is -0.444 e. The normalized spacial score (nSPS) is 17.3. The molecule has 1 aliphatic heterocycles. The fourth-order valence-electron chi connectivity index (χ4n) is 3.05. The van der Waals surface area contributed by atoms with Crippen molar-refractivity contribution >= 4 is 23.7 Å². The van der Waals surface area contributed by atoms with E-state index in [9.17, 15) is 19.7 Å². The van der Waals surface area contributed by atoms with Crippen LogP contribution < -0.4 is 4.90 Å². The van der Waals surface area contributed by atoms with Crippen molar-refractivity contribution in [3.8, 4) is 0 Å². The van der Waals surface area contributed by atoms with Crippen LogP contribution in [0.2, 0.25) is 0 Å². The number of carbonyl (C=O) groups excluding carboxylic acids is 2. The molecule has 30 heavy (non-hydrogen) atoms. The van der Waals surface area contributed by atoms with Gasteiger partial charge >= 0.3 is 18.0 Å². The topological polar surface area (TPSA) is 115 Å². The Balaban J connectivity index is 2.43. The van der Waals surface area contributed by atoms with Crippen molar-refractivity contribution in [3.05, 3.63) is 28.4 Å². The quantitative estimate of drug-likeness (QED) is 0.521. The highest BCUT2D eigenvalue weighted by atomic mass is 16.6. The van der Waals surface area contributed by atoms with E-state index in [0.717, 1.165) is 12.8 Å². The van der Waals surface area contributed by atoms with Gasteiger partial charge in [0, 0.05) is 12.6 Å². The van der Waals surface area contributed by atoms with Crippen LogP contribution in [0.15, 0.2) is 18.3 Å². The first-order valence-electron chi connectivity index (χ1n) is 9.91. The molecule has 10 nitrogen and oxygen atoms in total. The second kappa shape index (κ2) is 8.85. The second-order valence-corrected chi connectivity index (χ2v) is 9.13. The molecule has 0 spiro atoms. The zero-order chi connectivity index (χ0) is 22.7. The van der Waals surface area contributed by atoms with Crippen LogP contribution in [-0.4, -0.2) is 50.9 Å². The summed E-state index contributed by atoms with van der Waals surface area (Å²) in [5.74, 6) is -0.337. The molecule has 1 atom stereocenters. The van der Waals surface area contributed by atoms with Crippen LogP contribution in [0.5, 0.6) is 0 Å². The summed E-state index contributed by atoms with van der Waals surface area (Å²) in [6.07, 6.45) is 1.46. The van der Waals surface area contributed by atoms with Gasteiger partial charge in [0.1, 0.15) is 17.4 Å². The molecule has 166 valence electrons. The summed E-state index contributed by atoms with van der Waals surface area (Å²) in [4.78, 5) is 42.9. The molecule has 0 radical (unpaired) electrons. The van der Waals surface area contributed by atoms with Crippen molar-refractivity contribution in [1.29, 1.82) is 0 Å². The molecule has 0 aliphatic carbocycles. The van der Waals surface area contributed by atoms with Crippen molar-refractivity contribution in [3.63, 3.8) is 0 Å². The number of amides is 2. The van der Waals surface area contributed by atoms with Gasteiger partial charge in [-0.15, -0.1) is 0 Å². The summed E-state index contributed by atoms with van der Waals surface area (Å²) in [5.41, 5.74) is -1.16. The minimum atomic E-state index is -0.769. The number of likely N-dealkylation sites (tertiary alicyclic amines) is 1. The predicted molar refractivity (Wildman–Crippen MR) is 110 cm³/mol. The van der Waals surface area contributed by atoms with Crippen molar-refractivity contribution in [2.75, 3.05) is 11.4 Å². The lowest BCUT2D eigenvalue weighted by Gasteiger charge is -2.42. The number of anilines is 1. The number of nitrogens with zero attached hydrogens (tertiary/aromatic N) is 4. The SMILES string of the molecule is CC(C)(C)OC(=O)N1CCCCC1N(C(=O)OC(C)(C)C)c1ccc([N+](=O)[O-])nc1. The number of aromatic nitrogens is 1. The third-order valence-electron chi connectivity index (χ3n) is 4.18. The van der Waals surface area contributed by atoms with Crippen LogP contribution in [-0.2, 0) is 9.47 Å². The van der Waals surface area contributed by atoms with Crippen LogP contribution in [0.1, 0.15) is 60.8 Å². The Hall–Kier alpha value is -2.91. The van der Waals surface area contributed by atoms with Crippen molar-refractivity contribution < 1.29 is 24.0 Å². The molecule has 2 heterocycles. The maximum atomic E-state index is 13.1. The maximum Gasteiger partial charge on any atom is 0.416 e. The van der Waals surface area contributed by atoms with E-state index in [2.05, 4.69) is 4.98 Å². The summed E-state index contributed by atoms with van der Waals surface area (Å²) in [5, 5.41) is 10.9. The average Bonchev–Trinajstić information content (AvgIpc) is 2.59. The first-order chi connectivity index (χ1) is 13.8. The molecule has 1 aliphatic rings. The van der Waals surface area contributed by atoms with Crippen molar-refractivity contribution in [2.45, 2.75) is 78.2 Å². The third kappa shape index (κ3) is 6.30. The summed E-state index contributed by atoms with van der Waals surface area (Å²) in [6, 6.07) is 2.64. The van der Waals surface area contributed by atoms with Gasteiger partial charge in [-0.2, -0.15) is 0 Å². The Bertz CT molecular complexity index is 782. The largest absolute Gasteiger partial charge is 0.444 e. The molecule has 0 N–H and O–H groups in total. The number of hydrogen-bond acceptors (Lipinski definition) is 7. The Kier molecular flexibility index (Phi) is 6.89. The van der Waals surface area contributed by atoms with Crippen LogP contribution in [0.3, 0.4) is 0 Å². The summed E-state index contributed by atoms with van der Waals surface area (Å²) < 4.78 is 11.1. The van der Waals surface area contributed by atoms with E-state index in [1.807, 2.05) is 0 Å². The summed E-state index contributed by atoms with van der Waals surface area (Å²) in [7, 11) is 0. The molecule has 1 aromatic rings. The Labute approximate surface area is 176 Å². The van der Waals surface area contributed by atoms with Crippen LogP contribution >= 0.6 is 0 Å². The molecule has 0 saturated carbocycles. The average molecular weight is 422 g/mol. The third-order valence-corrected chi connectivity index (χ3v) is 4.18. The van der Waals surface area contributed by atoms with Crippen LogP contribution in [0.4, 0.5) is 21.1 Å². The Morgan fingerprint density at radius 3 is 2.27 bits per heavy atom. The molecule has 1 saturated heterocycles. The lowest BCUT2D eigenvalue weighted by Crippen LogP contribution is -2.57. The molecule has 10 heteroatoms. The molecule has 0 bridgehead atoms. The lowest BCUT2D eigenvalue weighted by atomic mass is 10.1. The molecular weight excluding hydrogens is 392 g/mol. The molecule has 1 fully saturated rings. The van der Waals surface area contributed by atoms with Gasteiger partial charge < -0.3 is 19.6 Å². The number of hydrogen-bond donors (Lipinski definition) is 0. The van der Waals surface area contributed by atoms with E-state index < -0.39 is 34.5 Å². The molecule has 2 rings (SSSR count). The molecule has 1 unspecified atom stereocenters. The van der Waals surface area contributed by atoms with Gasteiger partial charge in [-0.1, -0.05) is 0 Å². The number of carbonyl (C=O) groups is 2. The standard InChI is InChI=1S/C20H30N4O6/c1-19(2,3)29-17(25)22-12-8-7-9-16(22)23(18(26)30-20(4,5)6)14-10-11-15(21-13-14)24(27)28/h10-11,13,16H,7-9,12H2,1-6H3. The van der Waals surface area contributed by atoms with E-state index in [1.165, 1.54) is 28.1 Å². The molecular formula is C20H30N4O6. The van der Waals surface area contributed by atoms with E-state index in [4.69, 9.17) is 9.47 Å². The van der Waals surface area contributed by atoms with E-state index in [0.29, 0.717) is 18.7 Å². The highest BCUT2D eigenvalue weighted by Gasteiger charge is 2.39. The lowest BCUT2D eigenvalue weighted by molar-refractivity contribution is -0.389. The van der Waals surface area contributed by atoms with Crippen molar-refractivity contribution in [1.82, 2.24) is 9.88 Å². The maximum absolute atomic E-state index is 13.1. The van der Waals surface area contributed by atoms with Gasteiger partial charge in [-0.25, -0.2) is 9.59 Å². The number of rotatable bonds is 3. The number of pyridine rings is 1. The predicted octanol–water partition coefficient (Wildman–Crippen LogP) is 4.48. The number of nitro groups is 1. The first kappa shape index (κ1) is 23.4. The fraction of sp³-hybridized carbons (Fsp3) is 0.650. The number of piperidine rings is 1. The molecule has 2 amide bonds. The summed E-state index contributed by atoms with van der Waals surface area (Å²) in [6.45, 7) is 11.0. The van der Waals surface area contributed by atoms with E-state index in [1.54, 1.807) is 41.5 Å². The second-order valence-electron chi connectivity index (χ2n) is 9.13. The Morgan fingerprint density at radius 1 is 1.13 bits per heavy atom. The van der Waals surface area contributed by atoms with Gasteiger partial charge in [0.25, 0.3) is 0 Å². The smallest absolute Gasteiger partial charge is 0.416 e. The zero-order valence-electron chi connectivity index (χ0n) is 18.4. The van der Waals surface area contributed by atoms with Gasteiger partial charge in [0.05, 0.1) is 5.69 Å². The number of ether oxygens (including phenoxy) is 2. The molecule has 0 aromatic carbocycles. The summed E-state index contributed by atoms with van der Waals surface area (Å²) >= 11 is 0. The monoisotopic (exact) mass is 422 g/mol. The molecule has 1 aromatic heterocycles. The fourth-order valence-corrected chi connectivity index (χ4v) is 3.05. The van der Waals surface area contributed by atoms with E-state index in [-0.39, 0.29) is 5.82 Å². The Morgan fingerprint density at radius 2 is 1.77 bits per heavy atom. The van der Waals surface area contributed by atoms with Gasteiger partial charge in [0.2, 0.25) is 0 Å². The van der Waals surface area contributed by atoms with Gasteiger partial charge in [0.15, 0.2) is 6.20 Å². The first-order valence-corrected chi connectivity index (χ1v) is 9.91. The van der Waals surface area contributed by atoms with Gasteiger partial charge in [-0.05, 0) is 76.8 Å².